The summed E-state index contributed by atoms with van der Waals surface area (Å²) < 4.78 is 6.62. The molecule has 0 unspecified atom stereocenters. The maximum atomic E-state index is 13.1. The predicted octanol–water partition coefficient (Wildman–Crippen LogP) is 5.58. The van der Waals surface area contributed by atoms with Gasteiger partial charge in [0.25, 0.3) is 11.8 Å². The predicted molar refractivity (Wildman–Crippen MR) is 134 cm³/mol. The summed E-state index contributed by atoms with van der Waals surface area (Å²) in [6, 6.07) is 22.2. The van der Waals surface area contributed by atoms with Crippen LogP contribution >= 0.6 is 15.9 Å². The number of rotatable bonds is 6. The molecule has 0 radical (unpaired) electrons. The molecule has 4 rings (SSSR count). The molecule has 6 nitrogen and oxygen atoms in total. The SMILES string of the molecule is CC1=NN(c2cccc(C)c2)C(=O)/C1=C\c1cc(Br)ccc1OCC(=O)Nc1ccccc1. The molecule has 1 heterocycles. The average molecular weight is 504 g/mol. The fourth-order valence-corrected chi connectivity index (χ4v) is 3.78. The quantitative estimate of drug-likeness (QED) is 0.446. The standard InChI is InChI=1S/C26H22BrN3O3/c1-17-7-6-10-22(13-17)30-26(32)23(18(2)29-30)15-19-14-20(27)11-12-24(19)33-16-25(31)28-21-8-4-3-5-9-21/h3-15H,16H2,1-2H3,(H,28,31)/b23-15-. The van der Waals surface area contributed by atoms with Crippen LogP contribution in [0.1, 0.15) is 18.1 Å². The Hall–Kier alpha value is -3.71. The van der Waals surface area contributed by atoms with Crippen molar-refractivity contribution in [2.45, 2.75) is 13.8 Å². The Morgan fingerprint density at radius 3 is 2.61 bits per heavy atom. The molecule has 0 bridgehead atoms. The van der Waals surface area contributed by atoms with Gasteiger partial charge >= 0.3 is 0 Å². The van der Waals surface area contributed by atoms with Crippen molar-refractivity contribution in [1.82, 2.24) is 0 Å². The summed E-state index contributed by atoms with van der Waals surface area (Å²) in [5, 5.41) is 8.64. The van der Waals surface area contributed by atoms with E-state index in [0.29, 0.717) is 34.0 Å². The summed E-state index contributed by atoms with van der Waals surface area (Å²) in [5.74, 6) is -0.00241. The molecule has 0 spiro atoms. The summed E-state index contributed by atoms with van der Waals surface area (Å²) in [4.78, 5) is 25.4. The van der Waals surface area contributed by atoms with Crippen LogP contribution in [-0.4, -0.2) is 24.1 Å². The highest BCUT2D eigenvalue weighted by Gasteiger charge is 2.29. The number of aryl methyl sites for hydroxylation is 1. The van der Waals surface area contributed by atoms with E-state index in [-0.39, 0.29) is 18.4 Å². The van der Waals surface area contributed by atoms with Crippen molar-refractivity contribution in [3.05, 3.63) is 94.0 Å². The molecule has 0 saturated carbocycles. The highest BCUT2D eigenvalue weighted by molar-refractivity contribution is 9.10. The molecular formula is C26H22BrN3O3. The van der Waals surface area contributed by atoms with E-state index in [9.17, 15) is 9.59 Å². The lowest BCUT2D eigenvalue weighted by atomic mass is 10.1. The van der Waals surface area contributed by atoms with Crippen LogP contribution in [0, 0.1) is 6.92 Å². The van der Waals surface area contributed by atoms with Gasteiger partial charge in [-0.3, -0.25) is 9.59 Å². The first-order valence-corrected chi connectivity index (χ1v) is 11.2. The van der Waals surface area contributed by atoms with Crippen LogP contribution in [0.25, 0.3) is 6.08 Å². The van der Waals surface area contributed by atoms with Crippen LogP contribution in [0.5, 0.6) is 5.75 Å². The smallest absolute Gasteiger partial charge is 0.280 e. The Bertz CT molecular complexity index is 1270. The minimum Gasteiger partial charge on any atom is -0.483 e. The summed E-state index contributed by atoms with van der Waals surface area (Å²) in [6.45, 7) is 3.60. The Kier molecular flexibility index (Phi) is 6.70. The number of nitrogens with one attached hydrogen (secondary N) is 1. The molecule has 0 atom stereocenters. The second kappa shape index (κ2) is 9.83. The van der Waals surface area contributed by atoms with Gasteiger partial charge in [-0.25, -0.2) is 0 Å². The first-order valence-electron chi connectivity index (χ1n) is 10.4. The van der Waals surface area contributed by atoms with Gasteiger partial charge in [-0.15, -0.1) is 0 Å². The second-order valence-electron chi connectivity index (χ2n) is 7.58. The van der Waals surface area contributed by atoms with Crippen molar-refractivity contribution >= 4 is 50.9 Å². The van der Waals surface area contributed by atoms with Gasteiger partial charge in [0.05, 0.1) is 17.0 Å². The van der Waals surface area contributed by atoms with Crippen molar-refractivity contribution < 1.29 is 14.3 Å². The minimum atomic E-state index is -0.275. The Morgan fingerprint density at radius 1 is 1.06 bits per heavy atom. The topological polar surface area (TPSA) is 71.0 Å². The van der Waals surface area contributed by atoms with E-state index < -0.39 is 0 Å². The number of carbonyl (C=O) groups excluding carboxylic acids is 2. The van der Waals surface area contributed by atoms with Crippen molar-refractivity contribution in [2.75, 3.05) is 16.9 Å². The van der Waals surface area contributed by atoms with Crippen molar-refractivity contribution in [2.24, 2.45) is 5.10 Å². The third kappa shape index (κ3) is 5.38. The zero-order valence-corrected chi connectivity index (χ0v) is 19.8. The number of para-hydroxylation sites is 1. The molecule has 2 amide bonds. The number of halogens is 1. The van der Waals surface area contributed by atoms with E-state index in [1.54, 1.807) is 31.2 Å². The number of hydrazone groups is 1. The summed E-state index contributed by atoms with van der Waals surface area (Å²) in [7, 11) is 0. The Labute approximate surface area is 200 Å². The van der Waals surface area contributed by atoms with Crippen LogP contribution in [0.2, 0.25) is 0 Å². The molecule has 7 heteroatoms. The van der Waals surface area contributed by atoms with Gasteiger partial charge in [-0.2, -0.15) is 10.1 Å². The van der Waals surface area contributed by atoms with E-state index in [1.807, 2.05) is 61.5 Å². The van der Waals surface area contributed by atoms with E-state index in [2.05, 4.69) is 26.3 Å². The van der Waals surface area contributed by atoms with Gasteiger partial charge in [-0.1, -0.05) is 46.3 Å². The van der Waals surface area contributed by atoms with E-state index >= 15 is 0 Å². The third-order valence-electron chi connectivity index (χ3n) is 5.00. The molecule has 1 aliphatic rings. The van der Waals surface area contributed by atoms with Crippen LogP contribution < -0.4 is 15.1 Å². The lowest BCUT2D eigenvalue weighted by Gasteiger charge is -2.13. The first-order chi connectivity index (χ1) is 15.9. The van der Waals surface area contributed by atoms with E-state index in [1.165, 1.54) is 5.01 Å². The van der Waals surface area contributed by atoms with Crippen molar-refractivity contribution in [3.8, 4) is 5.75 Å². The highest BCUT2D eigenvalue weighted by atomic mass is 79.9. The number of hydrogen-bond acceptors (Lipinski definition) is 4. The van der Waals surface area contributed by atoms with Gasteiger partial charge in [-0.05, 0) is 68.0 Å². The Balaban J connectivity index is 1.54. The number of carbonyl (C=O) groups is 2. The summed E-state index contributed by atoms with van der Waals surface area (Å²) in [6.07, 6.45) is 1.74. The Morgan fingerprint density at radius 2 is 1.85 bits per heavy atom. The molecule has 1 aliphatic heterocycles. The maximum Gasteiger partial charge on any atom is 0.280 e. The zero-order chi connectivity index (χ0) is 23.4. The van der Waals surface area contributed by atoms with Gasteiger partial charge < -0.3 is 10.1 Å². The van der Waals surface area contributed by atoms with E-state index in [0.717, 1.165) is 10.0 Å². The number of nitrogens with zero attached hydrogens (tertiary/aromatic N) is 2. The van der Waals surface area contributed by atoms with Gasteiger partial charge in [0.2, 0.25) is 0 Å². The molecular weight excluding hydrogens is 482 g/mol. The molecule has 1 N–H and O–H groups in total. The van der Waals surface area contributed by atoms with Crippen molar-refractivity contribution in [3.63, 3.8) is 0 Å². The number of hydrogen-bond donors (Lipinski definition) is 1. The zero-order valence-electron chi connectivity index (χ0n) is 18.2. The molecule has 0 fully saturated rings. The normalized spacial score (nSPS) is 14.4. The molecule has 0 aliphatic carbocycles. The molecule has 166 valence electrons. The third-order valence-corrected chi connectivity index (χ3v) is 5.49. The largest absolute Gasteiger partial charge is 0.483 e. The number of benzene rings is 3. The molecule has 3 aromatic carbocycles. The van der Waals surface area contributed by atoms with Gasteiger partial charge in [0, 0.05) is 15.7 Å². The number of amides is 2. The van der Waals surface area contributed by atoms with Crippen LogP contribution in [-0.2, 0) is 9.59 Å². The fraction of sp³-hybridized carbons (Fsp3) is 0.115. The second-order valence-corrected chi connectivity index (χ2v) is 8.50. The first kappa shape index (κ1) is 22.5. The fourth-order valence-electron chi connectivity index (χ4n) is 3.40. The number of ether oxygens (including phenoxy) is 1. The summed E-state index contributed by atoms with van der Waals surface area (Å²) >= 11 is 3.47. The highest BCUT2D eigenvalue weighted by Crippen LogP contribution is 2.30. The van der Waals surface area contributed by atoms with Gasteiger partial charge in [0.15, 0.2) is 6.61 Å². The molecule has 0 aromatic heterocycles. The average Bonchev–Trinajstić information content (AvgIpc) is 3.07. The molecule has 33 heavy (non-hydrogen) atoms. The molecule has 0 saturated heterocycles. The van der Waals surface area contributed by atoms with Crippen LogP contribution in [0.4, 0.5) is 11.4 Å². The van der Waals surface area contributed by atoms with Crippen LogP contribution in [0.15, 0.2) is 87.9 Å². The monoisotopic (exact) mass is 503 g/mol. The van der Waals surface area contributed by atoms with E-state index in [4.69, 9.17) is 4.74 Å². The minimum absolute atomic E-state index is 0.164. The van der Waals surface area contributed by atoms with Crippen molar-refractivity contribution in [1.29, 1.82) is 0 Å². The van der Waals surface area contributed by atoms with Crippen LogP contribution in [0.3, 0.4) is 0 Å². The lowest BCUT2D eigenvalue weighted by molar-refractivity contribution is -0.118. The van der Waals surface area contributed by atoms with Gasteiger partial charge in [0.1, 0.15) is 5.75 Å². The summed E-state index contributed by atoms with van der Waals surface area (Å²) in [5.41, 5.74) is 4.19. The maximum absolute atomic E-state index is 13.1. The molecule has 3 aromatic rings. The lowest BCUT2D eigenvalue weighted by Crippen LogP contribution is -2.21. The number of anilines is 2.